The summed E-state index contributed by atoms with van der Waals surface area (Å²) in [6.07, 6.45) is 0.744. The number of morpholine rings is 1. The van der Waals surface area contributed by atoms with Crippen molar-refractivity contribution in [2.45, 2.75) is 52.4 Å². The fourth-order valence-electron chi connectivity index (χ4n) is 4.87. The van der Waals surface area contributed by atoms with Gasteiger partial charge in [0.25, 0.3) is 11.7 Å². The number of aliphatic hydroxyl groups is 1. The van der Waals surface area contributed by atoms with Crippen molar-refractivity contribution in [2.75, 3.05) is 39.4 Å². The molecule has 2 saturated heterocycles. The molecule has 204 valence electrons. The van der Waals surface area contributed by atoms with Crippen molar-refractivity contribution in [2.24, 2.45) is 0 Å². The Bertz CT molecular complexity index is 1130. The van der Waals surface area contributed by atoms with Crippen LogP contribution >= 0.6 is 0 Å². The highest BCUT2D eigenvalue weighted by Gasteiger charge is 2.45. The smallest absolute Gasteiger partial charge is 0.295 e. The summed E-state index contributed by atoms with van der Waals surface area (Å²) in [6.45, 7) is 12.1. The summed E-state index contributed by atoms with van der Waals surface area (Å²) < 4.78 is 16.9. The second-order valence-corrected chi connectivity index (χ2v) is 10.2. The van der Waals surface area contributed by atoms with Gasteiger partial charge in [0.15, 0.2) is 0 Å². The topological polar surface area (TPSA) is 88.5 Å². The standard InChI is InChI=1S/C30H38N2O6/c1-20(2)37-24-10-6-22(7-11-24)27-26(28(33)23-8-12-25(13-9-23)38-21(3)4)29(34)30(35)32(27)15-5-14-31-16-18-36-19-17-31/h6-13,20-21,27,33H,5,14-19H2,1-4H3/t27-/m0/s1. The minimum Gasteiger partial charge on any atom is -0.507 e. The lowest BCUT2D eigenvalue weighted by atomic mass is 9.95. The largest absolute Gasteiger partial charge is 0.507 e. The van der Waals surface area contributed by atoms with E-state index in [0.717, 1.165) is 25.2 Å². The number of carbonyl (C=O) groups excluding carboxylic acids is 2. The first-order chi connectivity index (χ1) is 18.2. The van der Waals surface area contributed by atoms with Crippen LogP contribution in [0.5, 0.6) is 11.5 Å². The molecule has 1 N–H and O–H groups in total. The summed E-state index contributed by atoms with van der Waals surface area (Å²) >= 11 is 0. The molecule has 2 aromatic carbocycles. The van der Waals surface area contributed by atoms with Crippen LogP contribution in [0.15, 0.2) is 54.1 Å². The number of Topliss-reactive ketones (excluding diaryl/α,β-unsaturated/α-hetero) is 1. The monoisotopic (exact) mass is 522 g/mol. The lowest BCUT2D eigenvalue weighted by molar-refractivity contribution is -0.140. The highest BCUT2D eigenvalue weighted by Crippen LogP contribution is 2.40. The van der Waals surface area contributed by atoms with E-state index >= 15 is 0 Å². The average molecular weight is 523 g/mol. The predicted octanol–water partition coefficient (Wildman–Crippen LogP) is 4.41. The van der Waals surface area contributed by atoms with Crippen LogP contribution in [-0.2, 0) is 14.3 Å². The second kappa shape index (κ2) is 12.5. The second-order valence-electron chi connectivity index (χ2n) is 10.2. The van der Waals surface area contributed by atoms with Crippen LogP contribution in [0.3, 0.4) is 0 Å². The first-order valence-electron chi connectivity index (χ1n) is 13.4. The lowest BCUT2D eigenvalue weighted by Crippen LogP contribution is -2.38. The summed E-state index contributed by atoms with van der Waals surface area (Å²) in [5.41, 5.74) is 1.29. The van der Waals surface area contributed by atoms with Crippen molar-refractivity contribution < 1.29 is 28.9 Å². The molecule has 0 unspecified atom stereocenters. The number of amides is 1. The number of nitrogens with zero attached hydrogens (tertiary/aromatic N) is 2. The van der Waals surface area contributed by atoms with Crippen LogP contribution in [0.2, 0.25) is 0 Å². The molecule has 8 nitrogen and oxygen atoms in total. The molecule has 0 spiro atoms. The molecule has 1 amide bonds. The normalized spacial score (nSPS) is 19.9. The molecule has 2 aliphatic heterocycles. The first kappa shape index (κ1) is 27.7. The Morgan fingerprint density at radius 2 is 1.45 bits per heavy atom. The van der Waals surface area contributed by atoms with Crippen LogP contribution in [0.4, 0.5) is 0 Å². The van der Waals surface area contributed by atoms with Crippen LogP contribution < -0.4 is 9.47 Å². The average Bonchev–Trinajstić information content (AvgIpc) is 3.14. The number of ether oxygens (including phenoxy) is 3. The van der Waals surface area contributed by atoms with Gasteiger partial charge in [0.1, 0.15) is 17.3 Å². The van der Waals surface area contributed by atoms with Gasteiger partial charge in [-0.2, -0.15) is 0 Å². The maximum Gasteiger partial charge on any atom is 0.295 e. The zero-order valence-electron chi connectivity index (χ0n) is 22.7. The summed E-state index contributed by atoms with van der Waals surface area (Å²) in [4.78, 5) is 30.5. The van der Waals surface area contributed by atoms with Gasteiger partial charge in [-0.1, -0.05) is 12.1 Å². The van der Waals surface area contributed by atoms with Gasteiger partial charge in [0.2, 0.25) is 0 Å². The van der Waals surface area contributed by atoms with Crippen molar-refractivity contribution in [3.8, 4) is 11.5 Å². The Morgan fingerprint density at radius 1 is 0.895 bits per heavy atom. The van der Waals surface area contributed by atoms with E-state index in [1.807, 2.05) is 52.0 Å². The van der Waals surface area contributed by atoms with Crippen molar-refractivity contribution >= 4 is 17.4 Å². The van der Waals surface area contributed by atoms with Gasteiger partial charge in [0, 0.05) is 31.7 Å². The van der Waals surface area contributed by atoms with Crippen LogP contribution in [-0.4, -0.2) is 78.2 Å². The Labute approximate surface area is 224 Å². The summed E-state index contributed by atoms with van der Waals surface area (Å²) in [5.74, 6) is -0.0986. The third kappa shape index (κ3) is 6.55. The van der Waals surface area contributed by atoms with Gasteiger partial charge < -0.3 is 24.2 Å². The van der Waals surface area contributed by atoms with Crippen LogP contribution in [0.1, 0.15) is 51.3 Å². The lowest BCUT2D eigenvalue weighted by Gasteiger charge is -2.29. The van der Waals surface area contributed by atoms with E-state index in [0.29, 0.717) is 43.2 Å². The molecule has 0 saturated carbocycles. The number of rotatable bonds is 10. The molecule has 8 heteroatoms. The van der Waals surface area contributed by atoms with E-state index < -0.39 is 17.7 Å². The van der Waals surface area contributed by atoms with Crippen molar-refractivity contribution in [1.82, 2.24) is 9.80 Å². The van der Waals surface area contributed by atoms with E-state index in [1.165, 1.54) is 0 Å². The van der Waals surface area contributed by atoms with Crippen molar-refractivity contribution in [3.05, 3.63) is 65.2 Å². The summed E-state index contributed by atoms with van der Waals surface area (Å²) in [5, 5.41) is 11.3. The maximum absolute atomic E-state index is 13.3. The SMILES string of the molecule is CC(C)Oc1ccc(C(O)=C2C(=O)C(=O)N(CCCN3CCOCC3)[C@H]2c2ccc(OC(C)C)cc2)cc1. The fraction of sp³-hybridized carbons (Fsp3) is 0.467. The van der Waals surface area contributed by atoms with Gasteiger partial charge in [-0.05, 0) is 76.1 Å². The highest BCUT2D eigenvalue weighted by molar-refractivity contribution is 6.46. The third-order valence-corrected chi connectivity index (χ3v) is 6.58. The molecular weight excluding hydrogens is 484 g/mol. The van der Waals surface area contributed by atoms with E-state index in [4.69, 9.17) is 14.2 Å². The van der Waals surface area contributed by atoms with E-state index in [-0.39, 0.29) is 23.5 Å². The molecule has 0 radical (unpaired) electrons. The van der Waals surface area contributed by atoms with E-state index in [2.05, 4.69) is 4.90 Å². The molecule has 1 atom stereocenters. The number of benzene rings is 2. The zero-order valence-corrected chi connectivity index (χ0v) is 22.7. The third-order valence-electron chi connectivity index (χ3n) is 6.58. The molecule has 38 heavy (non-hydrogen) atoms. The number of likely N-dealkylation sites (tertiary alicyclic amines) is 1. The number of hydrogen-bond donors (Lipinski definition) is 1. The number of hydrogen-bond acceptors (Lipinski definition) is 7. The van der Waals surface area contributed by atoms with Crippen molar-refractivity contribution in [1.29, 1.82) is 0 Å². The van der Waals surface area contributed by atoms with Gasteiger partial charge in [0.05, 0.1) is 37.0 Å². The van der Waals surface area contributed by atoms with Crippen LogP contribution in [0, 0.1) is 0 Å². The summed E-state index contributed by atoms with van der Waals surface area (Å²) in [6, 6.07) is 13.6. The number of aliphatic hydroxyl groups excluding tert-OH is 1. The van der Waals surface area contributed by atoms with Gasteiger partial charge in [-0.15, -0.1) is 0 Å². The number of carbonyl (C=O) groups is 2. The van der Waals surface area contributed by atoms with Gasteiger partial charge in [-0.25, -0.2) is 0 Å². The highest BCUT2D eigenvalue weighted by atomic mass is 16.5. The van der Waals surface area contributed by atoms with E-state index in [1.54, 1.807) is 29.2 Å². The predicted molar refractivity (Wildman–Crippen MR) is 145 cm³/mol. The molecule has 2 fully saturated rings. The Kier molecular flexibility index (Phi) is 9.07. The van der Waals surface area contributed by atoms with Crippen LogP contribution in [0.25, 0.3) is 5.76 Å². The molecule has 0 aromatic heterocycles. The minimum atomic E-state index is -0.695. The molecule has 4 rings (SSSR count). The maximum atomic E-state index is 13.3. The summed E-state index contributed by atoms with van der Waals surface area (Å²) in [7, 11) is 0. The van der Waals surface area contributed by atoms with E-state index in [9.17, 15) is 14.7 Å². The molecular formula is C30H38N2O6. The minimum absolute atomic E-state index is 0.0138. The molecule has 2 heterocycles. The zero-order chi connectivity index (χ0) is 27.2. The Balaban J connectivity index is 1.65. The molecule has 2 aromatic rings. The fourth-order valence-corrected chi connectivity index (χ4v) is 4.87. The van der Waals surface area contributed by atoms with Crippen molar-refractivity contribution in [3.63, 3.8) is 0 Å². The van der Waals surface area contributed by atoms with Gasteiger partial charge in [-0.3, -0.25) is 14.5 Å². The Hall–Kier alpha value is -3.36. The molecule has 0 bridgehead atoms. The Morgan fingerprint density at radius 3 is 2.00 bits per heavy atom. The first-order valence-corrected chi connectivity index (χ1v) is 13.4. The van der Waals surface area contributed by atoms with Gasteiger partial charge >= 0.3 is 0 Å². The number of ketones is 1. The molecule has 0 aliphatic carbocycles. The molecule has 2 aliphatic rings. The quantitative estimate of drug-likeness (QED) is 0.281.